The molecule has 1 amide bonds. The summed E-state index contributed by atoms with van der Waals surface area (Å²) in [5, 5.41) is 4.14. The predicted octanol–water partition coefficient (Wildman–Crippen LogP) is 0.784. The molecule has 2 aliphatic heterocycles. The molecule has 7 nitrogen and oxygen atoms in total. The van der Waals surface area contributed by atoms with Gasteiger partial charge in [0.2, 0.25) is 5.91 Å². The topological polar surface area (TPSA) is 63.5 Å². The lowest BCUT2D eigenvalue weighted by Gasteiger charge is -2.37. The molecule has 24 heavy (non-hydrogen) atoms. The largest absolute Gasteiger partial charge is 0.372 e. The third-order valence-corrected chi connectivity index (χ3v) is 4.71. The van der Waals surface area contributed by atoms with Crippen LogP contribution in [-0.4, -0.2) is 64.0 Å². The van der Waals surface area contributed by atoms with Gasteiger partial charge in [-0.1, -0.05) is 6.07 Å². The quantitative estimate of drug-likeness (QED) is 0.830. The summed E-state index contributed by atoms with van der Waals surface area (Å²) in [5.41, 5.74) is 0. The number of morpholine rings is 1. The fourth-order valence-corrected chi connectivity index (χ4v) is 3.50. The molecule has 0 aliphatic carbocycles. The zero-order valence-corrected chi connectivity index (χ0v) is 13.5. The van der Waals surface area contributed by atoms with Crippen molar-refractivity contribution in [2.45, 2.75) is 25.1 Å². The number of fused-ring (bicyclic) bond motifs is 1. The monoisotopic (exact) mass is 327 g/mol. The molecule has 2 saturated heterocycles. The number of hydrogen-bond acceptors (Lipinski definition) is 5. The first-order valence-electron chi connectivity index (χ1n) is 8.36. The van der Waals surface area contributed by atoms with E-state index in [1.807, 2.05) is 41.6 Å². The Hall–Kier alpha value is -2.41. The number of hydrogen-bond donors (Lipinski definition) is 0. The molecule has 0 radical (unpaired) electrons. The van der Waals surface area contributed by atoms with E-state index < -0.39 is 0 Å². The van der Waals surface area contributed by atoms with Gasteiger partial charge in [0.15, 0.2) is 0 Å². The van der Waals surface area contributed by atoms with Gasteiger partial charge >= 0.3 is 0 Å². The van der Waals surface area contributed by atoms with Gasteiger partial charge in [0.25, 0.3) is 0 Å². The third-order valence-electron chi connectivity index (χ3n) is 4.71. The maximum absolute atomic E-state index is 12.5. The molecule has 2 aromatic rings. The summed E-state index contributed by atoms with van der Waals surface area (Å²) in [6.07, 6.45) is 5.94. The third kappa shape index (κ3) is 2.99. The van der Waals surface area contributed by atoms with Crippen molar-refractivity contribution in [3.8, 4) is 0 Å². The molecule has 0 spiro atoms. The van der Waals surface area contributed by atoms with Gasteiger partial charge in [-0.3, -0.25) is 9.48 Å². The first-order valence-corrected chi connectivity index (χ1v) is 8.36. The van der Waals surface area contributed by atoms with E-state index in [2.05, 4.69) is 15.0 Å². The minimum Gasteiger partial charge on any atom is -0.372 e. The number of carbonyl (C=O) groups excluding carboxylic acids is 1. The van der Waals surface area contributed by atoms with Gasteiger partial charge < -0.3 is 14.5 Å². The zero-order valence-electron chi connectivity index (χ0n) is 13.5. The highest BCUT2D eigenvalue weighted by atomic mass is 16.5. The van der Waals surface area contributed by atoms with E-state index in [4.69, 9.17) is 4.74 Å². The van der Waals surface area contributed by atoms with Crippen molar-refractivity contribution >= 4 is 11.7 Å². The highest BCUT2D eigenvalue weighted by molar-refractivity contribution is 5.76. The number of aromatic nitrogens is 3. The molecular weight excluding hydrogens is 306 g/mol. The molecular formula is C17H21N5O2. The second kappa shape index (κ2) is 6.60. The Morgan fingerprint density at radius 3 is 3.00 bits per heavy atom. The number of nitrogens with zero attached hydrogens (tertiary/aromatic N) is 5. The van der Waals surface area contributed by atoms with Crippen LogP contribution in [0.1, 0.15) is 6.42 Å². The van der Waals surface area contributed by atoms with E-state index in [0.29, 0.717) is 32.7 Å². The Morgan fingerprint density at radius 1 is 1.25 bits per heavy atom. The lowest BCUT2D eigenvalue weighted by atomic mass is 10.1. The fourth-order valence-electron chi connectivity index (χ4n) is 3.50. The van der Waals surface area contributed by atoms with Crippen LogP contribution in [-0.2, 0) is 16.1 Å². The summed E-state index contributed by atoms with van der Waals surface area (Å²) in [6.45, 7) is 3.45. The number of pyridine rings is 1. The highest BCUT2D eigenvalue weighted by Gasteiger charge is 2.42. The van der Waals surface area contributed by atoms with Gasteiger partial charge in [-0.05, 0) is 18.2 Å². The van der Waals surface area contributed by atoms with Crippen LogP contribution in [0.4, 0.5) is 5.82 Å². The number of aryl methyl sites for hydroxylation is 1. The van der Waals surface area contributed by atoms with Gasteiger partial charge in [-0.2, -0.15) is 5.10 Å². The molecule has 7 heteroatoms. The molecule has 2 fully saturated rings. The molecule has 4 heterocycles. The second-order valence-corrected chi connectivity index (χ2v) is 6.18. The standard InChI is InChI=1S/C17H21N5O2/c23-17(5-9-21-8-3-7-19-21)20-12-14-15(13-20)24-11-10-22(14)16-4-1-2-6-18-16/h1-4,6-8,14-15H,5,9-13H2/t14-,15-/m0/s1. The van der Waals surface area contributed by atoms with Gasteiger partial charge in [0, 0.05) is 51.2 Å². The van der Waals surface area contributed by atoms with Crippen LogP contribution >= 0.6 is 0 Å². The number of rotatable bonds is 4. The summed E-state index contributed by atoms with van der Waals surface area (Å²) in [4.78, 5) is 21.2. The molecule has 2 atom stereocenters. The van der Waals surface area contributed by atoms with Gasteiger partial charge in [0.1, 0.15) is 5.82 Å². The van der Waals surface area contributed by atoms with Crippen molar-refractivity contribution < 1.29 is 9.53 Å². The SMILES string of the molecule is O=C(CCn1cccn1)N1C[C@@H]2OCCN(c3ccccn3)[C@H]2C1. The molecule has 0 N–H and O–H groups in total. The number of likely N-dealkylation sites (tertiary alicyclic amines) is 1. The summed E-state index contributed by atoms with van der Waals surface area (Å²) < 4.78 is 7.69. The Balaban J connectivity index is 1.41. The maximum Gasteiger partial charge on any atom is 0.224 e. The van der Waals surface area contributed by atoms with Gasteiger partial charge in [-0.15, -0.1) is 0 Å². The lowest BCUT2D eigenvalue weighted by Crippen LogP contribution is -2.51. The van der Waals surface area contributed by atoms with Crippen molar-refractivity contribution in [2.24, 2.45) is 0 Å². The van der Waals surface area contributed by atoms with Crippen LogP contribution in [0.2, 0.25) is 0 Å². The normalized spacial score (nSPS) is 23.3. The van der Waals surface area contributed by atoms with Crippen molar-refractivity contribution in [3.63, 3.8) is 0 Å². The van der Waals surface area contributed by atoms with Crippen molar-refractivity contribution in [3.05, 3.63) is 42.9 Å². The Morgan fingerprint density at radius 2 is 2.21 bits per heavy atom. The summed E-state index contributed by atoms with van der Waals surface area (Å²) in [7, 11) is 0. The zero-order chi connectivity index (χ0) is 16.4. The van der Waals surface area contributed by atoms with Crippen LogP contribution < -0.4 is 4.90 Å². The smallest absolute Gasteiger partial charge is 0.224 e. The van der Waals surface area contributed by atoms with Crippen molar-refractivity contribution in [2.75, 3.05) is 31.1 Å². The molecule has 0 aromatic carbocycles. The van der Waals surface area contributed by atoms with Crippen molar-refractivity contribution in [1.82, 2.24) is 19.7 Å². The van der Waals surface area contributed by atoms with Gasteiger partial charge in [0.05, 0.1) is 18.8 Å². The predicted molar refractivity (Wildman–Crippen MR) is 88.5 cm³/mol. The average molecular weight is 327 g/mol. The van der Waals surface area contributed by atoms with Crippen LogP contribution in [0.5, 0.6) is 0 Å². The Kier molecular flexibility index (Phi) is 4.17. The van der Waals surface area contributed by atoms with E-state index in [0.717, 1.165) is 12.4 Å². The van der Waals surface area contributed by atoms with E-state index in [-0.39, 0.29) is 18.1 Å². The van der Waals surface area contributed by atoms with Crippen LogP contribution in [0.25, 0.3) is 0 Å². The number of ether oxygens (including phenoxy) is 1. The average Bonchev–Trinajstić information content (AvgIpc) is 3.29. The minimum atomic E-state index is 0.0643. The van der Waals surface area contributed by atoms with Gasteiger partial charge in [-0.25, -0.2) is 4.98 Å². The first kappa shape index (κ1) is 15.1. The number of anilines is 1. The van der Waals surface area contributed by atoms with Crippen molar-refractivity contribution in [1.29, 1.82) is 0 Å². The summed E-state index contributed by atoms with van der Waals surface area (Å²) in [6, 6.07) is 7.98. The lowest BCUT2D eigenvalue weighted by molar-refractivity contribution is -0.130. The molecule has 0 saturated carbocycles. The molecule has 2 aromatic heterocycles. The Bertz CT molecular complexity index is 676. The molecule has 4 rings (SSSR count). The van der Waals surface area contributed by atoms with Crippen LogP contribution in [0.15, 0.2) is 42.9 Å². The number of amides is 1. The van der Waals surface area contributed by atoms with E-state index in [1.54, 1.807) is 10.9 Å². The second-order valence-electron chi connectivity index (χ2n) is 6.18. The minimum absolute atomic E-state index is 0.0643. The Labute approximate surface area is 140 Å². The first-order chi connectivity index (χ1) is 11.8. The molecule has 0 bridgehead atoms. The number of carbonyl (C=O) groups is 1. The fraction of sp³-hybridized carbons (Fsp3) is 0.471. The summed E-state index contributed by atoms with van der Waals surface area (Å²) in [5.74, 6) is 1.12. The highest BCUT2D eigenvalue weighted by Crippen LogP contribution is 2.27. The molecule has 0 unspecified atom stereocenters. The van der Waals surface area contributed by atoms with E-state index in [9.17, 15) is 4.79 Å². The van der Waals surface area contributed by atoms with Crippen LogP contribution in [0, 0.1) is 0 Å². The van der Waals surface area contributed by atoms with E-state index in [1.165, 1.54) is 0 Å². The molecule has 126 valence electrons. The maximum atomic E-state index is 12.5. The van der Waals surface area contributed by atoms with Crippen LogP contribution in [0.3, 0.4) is 0 Å². The van der Waals surface area contributed by atoms with E-state index >= 15 is 0 Å². The summed E-state index contributed by atoms with van der Waals surface area (Å²) >= 11 is 0. The molecule has 2 aliphatic rings.